The number of aromatic nitrogens is 3. The van der Waals surface area contributed by atoms with Gasteiger partial charge in [-0.15, -0.1) is 0 Å². The van der Waals surface area contributed by atoms with Gasteiger partial charge in [-0.05, 0) is 12.1 Å². The van der Waals surface area contributed by atoms with Crippen LogP contribution in [0.15, 0.2) is 24.5 Å². The highest BCUT2D eigenvalue weighted by Crippen LogP contribution is 2.17. The molecule has 6 heteroatoms. The maximum Gasteiger partial charge on any atom is 0.251 e. The third-order valence-corrected chi connectivity index (χ3v) is 3.79. The Morgan fingerprint density at radius 2 is 2.24 bits per heavy atom. The molecule has 1 aliphatic rings. The van der Waals surface area contributed by atoms with Crippen molar-refractivity contribution in [2.24, 2.45) is 7.05 Å². The molecule has 21 heavy (non-hydrogen) atoms. The minimum atomic E-state index is -0.0691. The van der Waals surface area contributed by atoms with Gasteiger partial charge in [0.1, 0.15) is 0 Å². The van der Waals surface area contributed by atoms with E-state index in [1.807, 2.05) is 11.7 Å². The molecule has 0 radical (unpaired) electrons. The summed E-state index contributed by atoms with van der Waals surface area (Å²) >= 11 is 0. The van der Waals surface area contributed by atoms with Crippen molar-refractivity contribution in [3.63, 3.8) is 0 Å². The van der Waals surface area contributed by atoms with E-state index in [1.165, 1.54) is 11.3 Å². The van der Waals surface area contributed by atoms with Gasteiger partial charge in [0.25, 0.3) is 5.91 Å². The van der Waals surface area contributed by atoms with E-state index in [4.69, 9.17) is 0 Å². The number of hydrogen-bond donors (Lipinski definition) is 2. The van der Waals surface area contributed by atoms with Crippen molar-refractivity contribution in [1.29, 1.82) is 0 Å². The molecule has 0 saturated heterocycles. The monoisotopic (exact) mass is 285 g/mol. The maximum atomic E-state index is 12.0. The Morgan fingerprint density at radius 1 is 1.43 bits per heavy atom. The molecule has 3 rings (SSSR count). The fourth-order valence-corrected chi connectivity index (χ4v) is 2.70. The van der Waals surface area contributed by atoms with Crippen molar-refractivity contribution in [1.82, 2.24) is 25.4 Å². The van der Waals surface area contributed by atoms with Crippen molar-refractivity contribution in [3.8, 4) is 0 Å². The molecule has 0 saturated carbocycles. The van der Waals surface area contributed by atoms with E-state index in [9.17, 15) is 4.79 Å². The van der Waals surface area contributed by atoms with Gasteiger partial charge in [-0.25, -0.2) is 0 Å². The molecule has 2 aromatic heterocycles. The van der Waals surface area contributed by atoms with Crippen LogP contribution < -0.4 is 10.6 Å². The van der Waals surface area contributed by atoms with E-state index in [0.29, 0.717) is 12.1 Å². The molecule has 1 amide bonds. The first-order valence-electron chi connectivity index (χ1n) is 7.18. The second kappa shape index (κ2) is 6.05. The van der Waals surface area contributed by atoms with Crippen LogP contribution in [0.1, 0.15) is 27.3 Å². The van der Waals surface area contributed by atoms with Crippen LogP contribution in [0.5, 0.6) is 0 Å². The van der Waals surface area contributed by atoms with Crippen LogP contribution in [0.2, 0.25) is 0 Å². The van der Waals surface area contributed by atoms with Crippen LogP contribution in [-0.4, -0.2) is 33.8 Å². The van der Waals surface area contributed by atoms with Gasteiger partial charge >= 0.3 is 0 Å². The highest BCUT2D eigenvalue weighted by Gasteiger charge is 2.18. The van der Waals surface area contributed by atoms with Crippen LogP contribution >= 0.6 is 0 Å². The summed E-state index contributed by atoms with van der Waals surface area (Å²) in [5.41, 5.74) is 4.32. The van der Waals surface area contributed by atoms with E-state index in [2.05, 4.69) is 20.7 Å². The summed E-state index contributed by atoms with van der Waals surface area (Å²) in [6.07, 6.45) is 5.01. The average Bonchev–Trinajstić information content (AvgIpc) is 2.85. The summed E-state index contributed by atoms with van der Waals surface area (Å²) in [6, 6.07) is 3.42. The molecule has 2 aromatic rings. The largest absolute Gasteiger partial charge is 0.352 e. The number of nitrogens with one attached hydrogen (secondary N) is 2. The lowest BCUT2D eigenvalue weighted by atomic mass is 10.1. The quantitative estimate of drug-likeness (QED) is 0.855. The Hall–Kier alpha value is -2.21. The zero-order valence-corrected chi connectivity index (χ0v) is 12.1. The second-order valence-electron chi connectivity index (χ2n) is 5.16. The van der Waals surface area contributed by atoms with Crippen molar-refractivity contribution in [2.45, 2.75) is 19.4 Å². The molecule has 6 nitrogen and oxygen atoms in total. The number of nitrogens with zero attached hydrogens (tertiary/aromatic N) is 3. The van der Waals surface area contributed by atoms with E-state index in [0.717, 1.165) is 31.6 Å². The van der Waals surface area contributed by atoms with Crippen molar-refractivity contribution < 1.29 is 4.79 Å². The number of carbonyl (C=O) groups is 1. The summed E-state index contributed by atoms with van der Waals surface area (Å²) in [7, 11) is 1.99. The molecular formula is C15H19N5O. The number of fused-ring (bicyclic) bond motifs is 1. The van der Waals surface area contributed by atoms with Gasteiger partial charge in [0.05, 0.1) is 5.69 Å². The molecule has 0 fully saturated rings. The normalized spacial score (nSPS) is 13.8. The number of pyridine rings is 1. The predicted molar refractivity (Wildman–Crippen MR) is 78.9 cm³/mol. The third kappa shape index (κ3) is 2.95. The minimum absolute atomic E-state index is 0.0691. The first kappa shape index (κ1) is 13.8. The Labute approximate surface area is 123 Å². The van der Waals surface area contributed by atoms with Gasteiger partial charge in [-0.2, -0.15) is 5.10 Å². The fourth-order valence-electron chi connectivity index (χ4n) is 2.70. The number of carbonyl (C=O) groups excluding carboxylic acids is 1. The van der Waals surface area contributed by atoms with Gasteiger partial charge in [0.15, 0.2) is 0 Å². The number of hydrogen-bond acceptors (Lipinski definition) is 4. The first-order chi connectivity index (χ1) is 10.3. The fraction of sp³-hybridized carbons (Fsp3) is 0.400. The molecule has 0 unspecified atom stereocenters. The smallest absolute Gasteiger partial charge is 0.251 e. The van der Waals surface area contributed by atoms with Crippen LogP contribution in [0, 0.1) is 0 Å². The SMILES string of the molecule is Cn1nc(CCNC(=O)c2ccncc2)c2c1CCNC2. The van der Waals surface area contributed by atoms with E-state index >= 15 is 0 Å². The van der Waals surface area contributed by atoms with Crippen molar-refractivity contribution >= 4 is 5.91 Å². The van der Waals surface area contributed by atoms with Crippen LogP contribution in [0.25, 0.3) is 0 Å². The molecule has 0 aromatic carbocycles. The lowest BCUT2D eigenvalue weighted by Crippen LogP contribution is -2.27. The van der Waals surface area contributed by atoms with E-state index in [1.54, 1.807) is 24.5 Å². The Kier molecular flexibility index (Phi) is 3.96. The molecule has 3 heterocycles. The van der Waals surface area contributed by atoms with Crippen molar-refractivity contribution in [3.05, 3.63) is 47.0 Å². The first-order valence-corrected chi connectivity index (χ1v) is 7.18. The van der Waals surface area contributed by atoms with Crippen LogP contribution in [-0.2, 0) is 26.4 Å². The Balaban J connectivity index is 1.60. The standard InChI is InChI=1S/C15H19N5O/c1-20-14-5-8-17-10-12(14)13(19-20)4-9-18-15(21)11-2-6-16-7-3-11/h2-3,6-7,17H,4-5,8-10H2,1H3,(H,18,21). The van der Waals surface area contributed by atoms with Crippen molar-refractivity contribution in [2.75, 3.05) is 13.1 Å². The summed E-state index contributed by atoms with van der Waals surface area (Å²) < 4.78 is 1.97. The van der Waals surface area contributed by atoms with Gasteiger partial charge in [0.2, 0.25) is 0 Å². The Bertz CT molecular complexity index is 635. The minimum Gasteiger partial charge on any atom is -0.352 e. The number of aryl methyl sites for hydroxylation is 1. The molecule has 0 atom stereocenters. The van der Waals surface area contributed by atoms with Gasteiger partial charge in [0, 0.05) is 68.7 Å². The summed E-state index contributed by atoms with van der Waals surface area (Å²) in [6.45, 7) is 2.46. The second-order valence-corrected chi connectivity index (χ2v) is 5.16. The average molecular weight is 285 g/mol. The zero-order chi connectivity index (χ0) is 14.7. The third-order valence-electron chi connectivity index (χ3n) is 3.79. The molecule has 1 aliphatic heterocycles. The summed E-state index contributed by atoms with van der Waals surface area (Å²) in [4.78, 5) is 15.9. The highest BCUT2D eigenvalue weighted by molar-refractivity contribution is 5.93. The molecule has 2 N–H and O–H groups in total. The van der Waals surface area contributed by atoms with Crippen LogP contribution in [0.3, 0.4) is 0 Å². The van der Waals surface area contributed by atoms with Gasteiger partial charge < -0.3 is 10.6 Å². The predicted octanol–water partition coefficient (Wildman–Crippen LogP) is 0.433. The lowest BCUT2D eigenvalue weighted by Gasteiger charge is -2.14. The number of amides is 1. The van der Waals surface area contributed by atoms with Crippen LogP contribution in [0.4, 0.5) is 0 Å². The molecule has 110 valence electrons. The summed E-state index contributed by atoms with van der Waals surface area (Å²) in [5.74, 6) is -0.0691. The Morgan fingerprint density at radius 3 is 3.05 bits per heavy atom. The van der Waals surface area contributed by atoms with E-state index < -0.39 is 0 Å². The summed E-state index contributed by atoms with van der Waals surface area (Å²) in [5, 5.41) is 10.9. The highest BCUT2D eigenvalue weighted by atomic mass is 16.1. The number of rotatable bonds is 4. The lowest BCUT2D eigenvalue weighted by molar-refractivity contribution is 0.0954. The molecule has 0 aliphatic carbocycles. The van der Waals surface area contributed by atoms with Gasteiger partial charge in [-0.1, -0.05) is 0 Å². The molecular weight excluding hydrogens is 266 g/mol. The van der Waals surface area contributed by atoms with Gasteiger partial charge in [-0.3, -0.25) is 14.5 Å². The zero-order valence-electron chi connectivity index (χ0n) is 12.1. The van der Waals surface area contributed by atoms with E-state index in [-0.39, 0.29) is 5.91 Å². The molecule has 0 spiro atoms. The topological polar surface area (TPSA) is 71.8 Å². The maximum absolute atomic E-state index is 12.0. The molecule has 0 bridgehead atoms.